The zero-order chi connectivity index (χ0) is 26.7. The van der Waals surface area contributed by atoms with Crippen LogP contribution >= 0.6 is 11.3 Å². The third-order valence-electron chi connectivity index (χ3n) is 6.75. The SMILES string of the molecule is Cc1ccc2nc(N3C(=O)C(=O)C(=C(O)c4ccc5c(c4)CC(C)O5)C3c3cccc([N+](=O)[O-])c3)sc2c1. The van der Waals surface area contributed by atoms with Gasteiger partial charge in [0.1, 0.15) is 17.6 Å². The fourth-order valence-electron chi connectivity index (χ4n) is 5.00. The number of rotatable bonds is 4. The summed E-state index contributed by atoms with van der Waals surface area (Å²) in [7, 11) is 0. The number of aryl methyl sites for hydroxylation is 1. The van der Waals surface area contributed by atoms with E-state index in [0.29, 0.717) is 28.8 Å². The fraction of sp³-hybridized carbons (Fsp3) is 0.179. The standard InChI is InChI=1S/C28H21N3O6S/c1-14-6-8-20-22(10-14)38-28(29-20)30-24(16-4-3-5-19(13-16)31(35)36)23(26(33)27(30)34)25(32)17-7-9-21-18(12-17)11-15(2)37-21/h3-10,12-13,15,24,32H,11H2,1-2H3. The van der Waals surface area contributed by atoms with Crippen molar-refractivity contribution < 1.29 is 24.4 Å². The number of nitro groups is 1. The third kappa shape index (κ3) is 3.81. The lowest BCUT2D eigenvalue weighted by molar-refractivity contribution is -0.384. The lowest BCUT2D eigenvalue weighted by Gasteiger charge is -2.22. The molecular formula is C28H21N3O6S. The van der Waals surface area contributed by atoms with Crippen molar-refractivity contribution in [2.24, 2.45) is 0 Å². The largest absolute Gasteiger partial charge is 0.507 e. The van der Waals surface area contributed by atoms with Crippen LogP contribution in [0.4, 0.5) is 10.8 Å². The molecule has 190 valence electrons. The van der Waals surface area contributed by atoms with E-state index in [1.807, 2.05) is 32.0 Å². The van der Waals surface area contributed by atoms with Gasteiger partial charge in [-0.25, -0.2) is 4.98 Å². The van der Waals surface area contributed by atoms with Gasteiger partial charge >= 0.3 is 5.91 Å². The molecular weight excluding hydrogens is 506 g/mol. The van der Waals surface area contributed by atoms with Gasteiger partial charge in [-0.05, 0) is 60.9 Å². The quantitative estimate of drug-likeness (QED) is 0.123. The van der Waals surface area contributed by atoms with Crippen LogP contribution in [0.5, 0.6) is 5.75 Å². The molecule has 0 radical (unpaired) electrons. The van der Waals surface area contributed by atoms with E-state index < -0.39 is 22.7 Å². The molecule has 0 bridgehead atoms. The summed E-state index contributed by atoms with van der Waals surface area (Å²) < 4.78 is 6.57. The Bertz CT molecular complexity index is 1710. The zero-order valence-corrected chi connectivity index (χ0v) is 21.2. The molecule has 10 heteroatoms. The smallest absolute Gasteiger partial charge is 0.301 e. The van der Waals surface area contributed by atoms with E-state index in [1.54, 1.807) is 24.3 Å². The number of thiazole rings is 1. The van der Waals surface area contributed by atoms with Gasteiger partial charge in [0.2, 0.25) is 0 Å². The minimum Gasteiger partial charge on any atom is -0.507 e. The molecule has 0 spiro atoms. The maximum absolute atomic E-state index is 13.5. The highest BCUT2D eigenvalue weighted by molar-refractivity contribution is 7.22. The highest BCUT2D eigenvalue weighted by Gasteiger charge is 2.48. The first-order valence-corrected chi connectivity index (χ1v) is 12.8. The molecule has 0 saturated carbocycles. The molecule has 2 atom stereocenters. The Balaban J connectivity index is 1.56. The van der Waals surface area contributed by atoms with Crippen molar-refractivity contribution in [3.8, 4) is 5.75 Å². The second-order valence-electron chi connectivity index (χ2n) is 9.44. The van der Waals surface area contributed by atoms with E-state index in [0.717, 1.165) is 15.8 Å². The van der Waals surface area contributed by atoms with Crippen LogP contribution in [-0.4, -0.2) is 32.8 Å². The number of ketones is 1. The molecule has 2 unspecified atom stereocenters. The number of hydrogen-bond acceptors (Lipinski definition) is 8. The van der Waals surface area contributed by atoms with Gasteiger partial charge in [-0.3, -0.25) is 24.6 Å². The molecule has 9 nitrogen and oxygen atoms in total. The predicted octanol–water partition coefficient (Wildman–Crippen LogP) is 5.46. The maximum Gasteiger partial charge on any atom is 0.301 e. The number of non-ortho nitro benzene ring substituents is 1. The number of aliphatic hydroxyl groups excluding tert-OH is 1. The number of Topliss-reactive ketones (excluding diaryl/α,β-unsaturated/α-hetero) is 1. The molecule has 1 fully saturated rings. The summed E-state index contributed by atoms with van der Waals surface area (Å²) in [5.41, 5.74) is 2.87. The van der Waals surface area contributed by atoms with Gasteiger partial charge in [0.25, 0.3) is 11.5 Å². The summed E-state index contributed by atoms with van der Waals surface area (Å²) in [6, 6.07) is 15.4. The van der Waals surface area contributed by atoms with Crippen molar-refractivity contribution in [1.82, 2.24) is 4.98 Å². The Morgan fingerprint density at radius 1 is 1.16 bits per heavy atom. The van der Waals surface area contributed by atoms with Crippen LogP contribution in [-0.2, 0) is 16.0 Å². The van der Waals surface area contributed by atoms with Gasteiger partial charge in [0.05, 0.1) is 26.8 Å². The van der Waals surface area contributed by atoms with Crippen LogP contribution in [0.15, 0.2) is 66.2 Å². The number of hydrogen-bond donors (Lipinski definition) is 1. The summed E-state index contributed by atoms with van der Waals surface area (Å²) in [5.74, 6) is -1.41. The number of aromatic nitrogens is 1. The molecule has 3 heterocycles. The molecule has 2 aliphatic heterocycles. The highest BCUT2D eigenvalue weighted by atomic mass is 32.1. The molecule has 4 aromatic rings. The molecule has 1 N–H and O–H groups in total. The Morgan fingerprint density at radius 2 is 1.97 bits per heavy atom. The van der Waals surface area contributed by atoms with E-state index in [9.17, 15) is 24.8 Å². The molecule has 1 saturated heterocycles. The van der Waals surface area contributed by atoms with E-state index >= 15 is 0 Å². The summed E-state index contributed by atoms with van der Waals surface area (Å²) in [6.07, 6.45) is 0.630. The average Bonchev–Trinajstić information content (AvgIpc) is 3.55. The molecule has 1 aromatic heterocycles. The van der Waals surface area contributed by atoms with Gasteiger partial charge in [0.15, 0.2) is 5.13 Å². The summed E-state index contributed by atoms with van der Waals surface area (Å²) >= 11 is 1.24. The number of fused-ring (bicyclic) bond motifs is 2. The number of nitrogens with zero attached hydrogens (tertiary/aromatic N) is 3. The number of benzene rings is 3. The Morgan fingerprint density at radius 3 is 2.76 bits per heavy atom. The summed E-state index contributed by atoms with van der Waals surface area (Å²) in [4.78, 5) is 43.8. The Hall–Kier alpha value is -4.57. The van der Waals surface area contributed by atoms with Crippen molar-refractivity contribution >= 4 is 49.8 Å². The second-order valence-corrected chi connectivity index (χ2v) is 10.5. The lowest BCUT2D eigenvalue weighted by Crippen LogP contribution is -2.29. The normalized spacial score (nSPS) is 20.1. The molecule has 1 amide bonds. The van der Waals surface area contributed by atoms with Crippen molar-refractivity contribution in [3.05, 3.63) is 98.6 Å². The minimum absolute atomic E-state index is 0.0134. The van der Waals surface area contributed by atoms with Crippen molar-refractivity contribution in [3.63, 3.8) is 0 Å². The van der Waals surface area contributed by atoms with E-state index in [2.05, 4.69) is 4.98 Å². The van der Waals surface area contributed by atoms with Gasteiger partial charge in [-0.2, -0.15) is 0 Å². The van der Waals surface area contributed by atoms with Crippen LogP contribution in [0.1, 0.15) is 35.2 Å². The summed E-state index contributed by atoms with van der Waals surface area (Å²) in [5, 5.41) is 23.3. The first kappa shape index (κ1) is 23.8. The highest BCUT2D eigenvalue weighted by Crippen LogP contribution is 2.45. The van der Waals surface area contributed by atoms with Gasteiger partial charge in [0, 0.05) is 24.1 Å². The molecule has 2 aliphatic rings. The topological polar surface area (TPSA) is 123 Å². The molecule has 3 aromatic carbocycles. The molecule has 6 rings (SSSR count). The second kappa shape index (κ2) is 8.77. The predicted molar refractivity (Wildman–Crippen MR) is 142 cm³/mol. The van der Waals surface area contributed by atoms with Crippen molar-refractivity contribution in [1.29, 1.82) is 0 Å². The monoisotopic (exact) mass is 527 g/mol. The number of ether oxygens (including phenoxy) is 1. The van der Waals surface area contributed by atoms with Crippen LogP contribution in [0, 0.1) is 17.0 Å². The first-order chi connectivity index (χ1) is 18.2. The Kier molecular flexibility index (Phi) is 5.50. The van der Waals surface area contributed by atoms with Gasteiger partial charge in [-0.15, -0.1) is 0 Å². The van der Waals surface area contributed by atoms with Crippen molar-refractivity contribution in [2.45, 2.75) is 32.4 Å². The van der Waals surface area contributed by atoms with Crippen LogP contribution < -0.4 is 9.64 Å². The van der Waals surface area contributed by atoms with Crippen LogP contribution in [0.3, 0.4) is 0 Å². The Labute approximate surface area is 220 Å². The minimum atomic E-state index is -1.11. The number of nitro benzene ring substituents is 1. The lowest BCUT2D eigenvalue weighted by atomic mass is 9.94. The molecule has 38 heavy (non-hydrogen) atoms. The number of carbonyl (C=O) groups is 2. The van der Waals surface area contributed by atoms with Crippen LogP contribution in [0.25, 0.3) is 16.0 Å². The van der Waals surface area contributed by atoms with E-state index in [-0.39, 0.29) is 28.3 Å². The number of carbonyl (C=O) groups excluding carboxylic acids is 2. The third-order valence-corrected chi connectivity index (χ3v) is 7.77. The zero-order valence-electron chi connectivity index (χ0n) is 20.4. The average molecular weight is 528 g/mol. The number of aliphatic hydroxyl groups is 1. The van der Waals surface area contributed by atoms with Gasteiger partial charge < -0.3 is 9.84 Å². The van der Waals surface area contributed by atoms with Crippen molar-refractivity contribution in [2.75, 3.05) is 4.90 Å². The van der Waals surface area contributed by atoms with Crippen LogP contribution in [0.2, 0.25) is 0 Å². The van der Waals surface area contributed by atoms with E-state index in [4.69, 9.17) is 4.74 Å². The number of anilines is 1. The molecule has 0 aliphatic carbocycles. The van der Waals surface area contributed by atoms with E-state index in [1.165, 1.54) is 34.4 Å². The fourth-order valence-corrected chi connectivity index (χ4v) is 6.09. The summed E-state index contributed by atoms with van der Waals surface area (Å²) in [6.45, 7) is 3.88. The number of amides is 1. The maximum atomic E-state index is 13.5. The first-order valence-electron chi connectivity index (χ1n) is 11.9. The van der Waals surface area contributed by atoms with Gasteiger partial charge in [-0.1, -0.05) is 29.5 Å².